The van der Waals surface area contributed by atoms with E-state index in [0.29, 0.717) is 17.3 Å². The Balaban J connectivity index is 3.11. The molecule has 0 radical (unpaired) electrons. The summed E-state index contributed by atoms with van der Waals surface area (Å²) in [5.41, 5.74) is 5.65. The highest BCUT2D eigenvalue weighted by Gasteiger charge is 2.14. The zero-order valence-electron chi connectivity index (χ0n) is 14.0. The molecule has 1 aromatic rings. The number of hydrogen-bond acceptors (Lipinski definition) is 5. The van der Waals surface area contributed by atoms with Gasteiger partial charge in [-0.05, 0) is 24.8 Å². The van der Waals surface area contributed by atoms with Gasteiger partial charge in [-0.3, -0.25) is 5.41 Å². The van der Waals surface area contributed by atoms with Gasteiger partial charge in [-0.2, -0.15) is 5.10 Å². The van der Waals surface area contributed by atoms with Crippen LogP contribution in [0.5, 0.6) is 0 Å². The van der Waals surface area contributed by atoms with Crippen molar-refractivity contribution in [2.75, 3.05) is 14.1 Å². The second kappa shape index (κ2) is 8.22. The maximum atomic E-state index is 10.3. The van der Waals surface area contributed by atoms with Crippen LogP contribution in [-0.4, -0.2) is 30.6 Å². The Morgan fingerprint density at radius 2 is 1.82 bits per heavy atom. The fraction of sp³-hybridized carbons (Fsp3) is 0.412. The topological polar surface area (TPSA) is 80.5 Å². The molecule has 4 N–H and O–H groups in total. The van der Waals surface area contributed by atoms with E-state index in [1.54, 1.807) is 21.0 Å². The zero-order chi connectivity index (χ0) is 16.7. The van der Waals surface area contributed by atoms with Crippen LogP contribution in [0, 0.1) is 11.3 Å². The maximum Gasteiger partial charge on any atom is 0.166 e. The summed E-state index contributed by atoms with van der Waals surface area (Å²) in [5, 5.41) is 25.2. The third-order valence-corrected chi connectivity index (χ3v) is 3.25. The molecule has 0 heterocycles. The highest BCUT2D eigenvalue weighted by atomic mass is 16.3. The number of aliphatic hydroxyl groups is 1. The molecule has 22 heavy (non-hydrogen) atoms. The van der Waals surface area contributed by atoms with Crippen molar-refractivity contribution in [3.63, 3.8) is 0 Å². The van der Waals surface area contributed by atoms with Gasteiger partial charge in [0, 0.05) is 19.7 Å². The monoisotopic (exact) mass is 302 g/mol. The molecule has 0 fully saturated rings. The molecular formula is C17H26N4O. The summed E-state index contributed by atoms with van der Waals surface area (Å²) < 4.78 is 0. The molecule has 1 aromatic carbocycles. The predicted octanol–water partition coefficient (Wildman–Crippen LogP) is 2.95. The summed E-state index contributed by atoms with van der Waals surface area (Å²) in [5.74, 6) is 0.489. The molecule has 0 aliphatic heterocycles. The second-order valence-electron chi connectivity index (χ2n) is 5.56. The number of hydrazone groups is 1. The van der Waals surface area contributed by atoms with Crippen LogP contribution < -0.4 is 10.7 Å². The average Bonchev–Trinajstić information content (AvgIpc) is 2.48. The first-order valence-corrected chi connectivity index (χ1v) is 7.41. The summed E-state index contributed by atoms with van der Waals surface area (Å²) in [6, 6.07) is 8.02. The largest absolute Gasteiger partial charge is 0.504 e. The van der Waals surface area contributed by atoms with E-state index in [0.717, 1.165) is 12.0 Å². The van der Waals surface area contributed by atoms with E-state index in [-0.39, 0.29) is 11.5 Å². The Hall–Kier alpha value is -2.30. The van der Waals surface area contributed by atoms with E-state index in [4.69, 9.17) is 5.41 Å². The van der Waals surface area contributed by atoms with Crippen molar-refractivity contribution in [2.24, 2.45) is 11.0 Å². The molecule has 5 nitrogen and oxygen atoms in total. The number of nitrogens with one attached hydrogen (secondary N) is 3. The Morgan fingerprint density at radius 1 is 1.23 bits per heavy atom. The van der Waals surface area contributed by atoms with Crippen LogP contribution in [0.1, 0.15) is 31.9 Å². The third kappa shape index (κ3) is 4.62. The van der Waals surface area contributed by atoms with Gasteiger partial charge in [0.2, 0.25) is 0 Å². The van der Waals surface area contributed by atoms with Crippen molar-refractivity contribution in [1.29, 1.82) is 5.41 Å². The molecule has 0 amide bonds. The molecule has 0 aromatic heterocycles. The molecule has 0 unspecified atom stereocenters. The van der Waals surface area contributed by atoms with Gasteiger partial charge >= 0.3 is 0 Å². The Bertz CT molecular complexity index is 571. The lowest BCUT2D eigenvalue weighted by molar-refractivity contribution is 0.444. The second-order valence-corrected chi connectivity index (χ2v) is 5.56. The van der Waals surface area contributed by atoms with Crippen LogP contribution in [0.15, 0.2) is 35.1 Å². The van der Waals surface area contributed by atoms with Crippen molar-refractivity contribution < 1.29 is 5.11 Å². The van der Waals surface area contributed by atoms with Crippen molar-refractivity contribution in [3.8, 4) is 0 Å². The molecular weight excluding hydrogens is 276 g/mol. The highest BCUT2D eigenvalue weighted by molar-refractivity contribution is 6.46. The van der Waals surface area contributed by atoms with Crippen molar-refractivity contribution in [1.82, 2.24) is 10.7 Å². The first-order valence-electron chi connectivity index (χ1n) is 7.41. The quantitative estimate of drug-likeness (QED) is 0.355. The summed E-state index contributed by atoms with van der Waals surface area (Å²) in [4.78, 5) is 0. The lowest BCUT2D eigenvalue weighted by Gasteiger charge is -2.13. The average molecular weight is 302 g/mol. The Labute approximate surface area is 132 Å². The molecule has 0 saturated carbocycles. The number of nitrogens with zero attached hydrogens (tertiary/aromatic N) is 1. The van der Waals surface area contributed by atoms with Gasteiger partial charge in [-0.15, -0.1) is 0 Å². The van der Waals surface area contributed by atoms with Crippen molar-refractivity contribution in [3.05, 3.63) is 41.2 Å². The Morgan fingerprint density at radius 3 is 2.27 bits per heavy atom. The number of hydrogen-bond donors (Lipinski definition) is 4. The fourth-order valence-corrected chi connectivity index (χ4v) is 2.20. The van der Waals surface area contributed by atoms with Crippen molar-refractivity contribution >= 4 is 17.1 Å². The standard InChI is InChI=1S/C17H26N4O/c1-11(2)10-13-6-8-14(9-7-13)16(19-4)17(22)15(18)12(3)21-20-5/h6-9,11,18-20,22H,10H2,1-5H3/b17-16+,18-15?,21-12+. The van der Waals surface area contributed by atoms with Gasteiger partial charge in [-0.25, -0.2) is 0 Å². The molecule has 0 aliphatic carbocycles. The minimum Gasteiger partial charge on any atom is -0.504 e. The first-order chi connectivity index (χ1) is 10.4. The van der Waals surface area contributed by atoms with E-state index in [9.17, 15) is 5.11 Å². The SMILES string of the molecule is CN/N=C(\C)C(=N)/C(O)=C(\NC)c1ccc(CC(C)C)cc1. The van der Waals surface area contributed by atoms with Crippen LogP contribution in [0.2, 0.25) is 0 Å². The van der Waals surface area contributed by atoms with Crippen LogP contribution >= 0.6 is 0 Å². The number of aliphatic hydroxyl groups excluding tert-OH is 1. The van der Waals surface area contributed by atoms with Gasteiger partial charge in [0.05, 0.1) is 11.4 Å². The van der Waals surface area contributed by atoms with E-state index in [1.165, 1.54) is 5.56 Å². The maximum absolute atomic E-state index is 10.3. The molecule has 1 rings (SSSR count). The molecule has 0 aliphatic rings. The number of benzene rings is 1. The van der Waals surface area contributed by atoms with Crippen LogP contribution in [0.4, 0.5) is 0 Å². The van der Waals surface area contributed by atoms with E-state index in [2.05, 4.69) is 41.8 Å². The van der Waals surface area contributed by atoms with E-state index in [1.807, 2.05) is 12.1 Å². The molecule has 0 atom stereocenters. The van der Waals surface area contributed by atoms with Gasteiger partial charge < -0.3 is 15.8 Å². The molecule has 0 saturated heterocycles. The third-order valence-electron chi connectivity index (χ3n) is 3.25. The van der Waals surface area contributed by atoms with Crippen LogP contribution in [0.3, 0.4) is 0 Å². The van der Waals surface area contributed by atoms with Gasteiger partial charge in [0.25, 0.3) is 0 Å². The zero-order valence-corrected chi connectivity index (χ0v) is 14.0. The van der Waals surface area contributed by atoms with Gasteiger partial charge in [0.15, 0.2) is 5.76 Å². The molecule has 5 heteroatoms. The highest BCUT2D eigenvalue weighted by Crippen LogP contribution is 2.18. The first kappa shape index (κ1) is 17.8. The lowest BCUT2D eigenvalue weighted by atomic mass is 10.00. The summed E-state index contributed by atoms with van der Waals surface area (Å²) in [6.07, 6.45) is 1.02. The van der Waals surface area contributed by atoms with Crippen molar-refractivity contribution in [2.45, 2.75) is 27.2 Å². The Kier molecular flexibility index (Phi) is 6.63. The normalized spacial score (nSPS) is 12.9. The number of rotatable bonds is 7. The predicted molar refractivity (Wildman–Crippen MR) is 93.5 cm³/mol. The van der Waals surface area contributed by atoms with E-state index < -0.39 is 0 Å². The summed E-state index contributed by atoms with van der Waals surface area (Å²) >= 11 is 0. The molecule has 120 valence electrons. The van der Waals surface area contributed by atoms with Gasteiger partial charge in [0.1, 0.15) is 5.71 Å². The smallest absolute Gasteiger partial charge is 0.166 e. The minimum atomic E-state index is -0.115. The minimum absolute atomic E-state index is 0.00930. The van der Waals surface area contributed by atoms with Crippen LogP contribution in [0.25, 0.3) is 5.70 Å². The fourth-order valence-electron chi connectivity index (χ4n) is 2.20. The molecule has 0 spiro atoms. The van der Waals surface area contributed by atoms with E-state index >= 15 is 0 Å². The number of allylic oxidation sites excluding steroid dienone is 1. The lowest BCUT2D eigenvalue weighted by Crippen LogP contribution is -2.20. The summed E-state index contributed by atoms with van der Waals surface area (Å²) in [6.45, 7) is 6.04. The molecule has 0 bridgehead atoms. The summed E-state index contributed by atoms with van der Waals surface area (Å²) in [7, 11) is 3.38. The van der Waals surface area contributed by atoms with Gasteiger partial charge in [-0.1, -0.05) is 38.1 Å². The van der Waals surface area contributed by atoms with Crippen LogP contribution in [-0.2, 0) is 6.42 Å².